The van der Waals surface area contributed by atoms with Crippen LogP contribution in [0.2, 0.25) is 0 Å². The van der Waals surface area contributed by atoms with Gasteiger partial charge < -0.3 is 14.8 Å². The molecule has 0 bridgehead atoms. The molecule has 0 saturated heterocycles. The van der Waals surface area contributed by atoms with Crippen LogP contribution in [-0.4, -0.2) is 23.0 Å². The average Bonchev–Trinajstić information content (AvgIpc) is 2.75. The van der Waals surface area contributed by atoms with Gasteiger partial charge in [0.25, 0.3) is 0 Å². The fourth-order valence-corrected chi connectivity index (χ4v) is 1.30. The van der Waals surface area contributed by atoms with Gasteiger partial charge in [-0.15, -0.1) is 0 Å². The van der Waals surface area contributed by atoms with E-state index in [9.17, 15) is 9.59 Å². The van der Waals surface area contributed by atoms with E-state index in [4.69, 9.17) is 9.52 Å². The number of carboxylic acid groups (broad SMARTS) is 1. The molecule has 1 atom stereocenters. The van der Waals surface area contributed by atoms with Crippen LogP contribution in [0.3, 0.4) is 0 Å². The predicted octanol–water partition coefficient (Wildman–Crippen LogP) is 1.19. The Morgan fingerprint density at radius 2 is 2.31 bits per heavy atom. The van der Waals surface area contributed by atoms with E-state index in [0.717, 1.165) is 5.76 Å². The minimum atomic E-state index is -1.01. The fourth-order valence-electron chi connectivity index (χ4n) is 1.30. The SMILES string of the molecule is CC[C@@H](NC(=O)CCc1ccco1)C(=O)O. The second-order valence-corrected chi connectivity index (χ2v) is 3.45. The third kappa shape index (κ3) is 3.76. The molecule has 0 aliphatic rings. The van der Waals surface area contributed by atoms with Crippen molar-refractivity contribution in [3.8, 4) is 0 Å². The van der Waals surface area contributed by atoms with E-state index in [1.807, 2.05) is 0 Å². The minimum absolute atomic E-state index is 0.233. The zero-order chi connectivity index (χ0) is 12.0. The van der Waals surface area contributed by atoms with Crippen LogP contribution in [0.15, 0.2) is 22.8 Å². The molecule has 1 aromatic heterocycles. The summed E-state index contributed by atoms with van der Waals surface area (Å²) in [5.74, 6) is -0.557. The van der Waals surface area contributed by atoms with E-state index in [1.54, 1.807) is 25.3 Å². The first-order chi connectivity index (χ1) is 7.63. The highest BCUT2D eigenvalue weighted by Gasteiger charge is 2.17. The largest absolute Gasteiger partial charge is 0.480 e. The molecule has 2 N–H and O–H groups in total. The minimum Gasteiger partial charge on any atom is -0.480 e. The van der Waals surface area contributed by atoms with Gasteiger partial charge >= 0.3 is 5.97 Å². The lowest BCUT2D eigenvalue weighted by Gasteiger charge is -2.11. The maximum absolute atomic E-state index is 11.4. The molecule has 88 valence electrons. The molecule has 0 radical (unpaired) electrons. The second-order valence-electron chi connectivity index (χ2n) is 3.45. The normalized spacial score (nSPS) is 12.1. The average molecular weight is 225 g/mol. The molecule has 1 amide bonds. The van der Waals surface area contributed by atoms with Crippen molar-refractivity contribution in [3.05, 3.63) is 24.2 Å². The van der Waals surface area contributed by atoms with E-state index in [0.29, 0.717) is 12.8 Å². The monoisotopic (exact) mass is 225 g/mol. The van der Waals surface area contributed by atoms with E-state index in [-0.39, 0.29) is 12.3 Å². The Bertz CT molecular complexity index is 345. The van der Waals surface area contributed by atoms with Crippen molar-refractivity contribution in [1.29, 1.82) is 0 Å². The fraction of sp³-hybridized carbons (Fsp3) is 0.455. The smallest absolute Gasteiger partial charge is 0.326 e. The highest BCUT2D eigenvalue weighted by Crippen LogP contribution is 2.03. The molecule has 0 unspecified atom stereocenters. The Morgan fingerprint density at radius 1 is 1.56 bits per heavy atom. The first kappa shape index (κ1) is 12.3. The van der Waals surface area contributed by atoms with Crippen LogP contribution in [0, 0.1) is 0 Å². The molecular formula is C11H15NO4. The first-order valence-corrected chi connectivity index (χ1v) is 5.18. The van der Waals surface area contributed by atoms with Gasteiger partial charge in [-0.05, 0) is 18.6 Å². The van der Waals surface area contributed by atoms with Crippen LogP contribution in [0.1, 0.15) is 25.5 Å². The number of aliphatic carboxylic acids is 1. The van der Waals surface area contributed by atoms with Gasteiger partial charge in [0.15, 0.2) is 0 Å². The maximum Gasteiger partial charge on any atom is 0.326 e. The Morgan fingerprint density at radius 3 is 2.81 bits per heavy atom. The topological polar surface area (TPSA) is 79.5 Å². The van der Waals surface area contributed by atoms with Gasteiger partial charge in [-0.2, -0.15) is 0 Å². The van der Waals surface area contributed by atoms with Crippen molar-refractivity contribution < 1.29 is 19.1 Å². The Labute approximate surface area is 93.4 Å². The summed E-state index contributed by atoms with van der Waals surface area (Å²) in [6, 6.07) is 2.73. The quantitative estimate of drug-likeness (QED) is 0.762. The van der Waals surface area contributed by atoms with Crippen LogP contribution in [0.5, 0.6) is 0 Å². The lowest BCUT2D eigenvalue weighted by molar-refractivity contribution is -0.141. The van der Waals surface area contributed by atoms with E-state index < -0.39 is 12.0 Å². The lowest BCUT2D eigenvalue weighted by Crippen LogP contribution is -2.40. The van der Waals surface area contributed by atoms with Crippen molar-refractivity contribution in [1.82, 2.24) is 5.32 Å². The summed E-state index contributed by atoms with van der Waals surface area (Å²) < 4.78 is 5.07. The van der Waals surface area contributed by atoms with Crippen molar-refractivity contribution in [2.24, 2.45) is 0 Å². The number of carbonyl (C=O) groups is 2. The van der Waals surface area contributed by atoms with Crippen molar-refractivity contribution in [2.75, 3.05) is 0 Å². The van der Waals surface area contributed by atoms with Crippen LogP contribution in [0.4, 0.5) is 0 Å². The zero-order valence-corrected chi connectivity index (χ0v) is 9.10. The highest BCUT2D eigenvalue weighted by molar-refractivity contribution is 5.83. The van der Waals surface area contributed by atoms with Gasteiger partial charge in [-0.1, -0.05) is 6.92 Å². The van der Waals surface area contributed by atoms with E-state index in [2.05, 4.69) is 5.32 Å². The number of nitrogens with one attached hydrogen (secondary N) is 1. The molecule has 0 aromatic carbocycles. The second kappa shape index (κ2) is 5.95. The standard InChI is InChI=1S/C11H15NO4/c1-2-9(11(14)15)12-10(13)6-5-8-4-3-7-16-8/h3-4,7,9H,2,5-6H2,1H3,(H,12,13)(H,14,15)/t9-/m1/s1. The van der Waals surface area contributed by atoms with E-state index in [1.165, 1.54) is 0 Å². The van der Waals surface area contributed by atoms with Crippen LogP contribution < -0.4 is 5.32 Å². The number of amides is 1. The lowest BCUT2D eigenvalue weighted by atomic mass is 10.2. The molecule has 1 heterocycles. The predicted molar refractivity (Wildman–Crippen MR) is 56.9 cm³/mol. The number of hydrogen-bond donors (Lipinski definition) is 2. The van der Waals surface area contributed by atoms with Gasteiger partial charge in [0, 0.05) is 12.8 Å². The molecule has 1 rings (SSSR count). The van der Waals surface area contributed by atoms with Crippen molar-refractivity contribution >= 4 is 11.9 Å². The van der Waals surface area contributed by atoms with Crippen molar-refractivity contribution in [2.45, 2.75) is 32.2 Å². The Hall–Kier alpha value is -1.78. The molecule has 0 spiro atoms. The van der Waals surface area contributed by atoms with Crippen LogP contribution in [-0.2, 0) is 16.0 Å². The Balaban J connectivity index is 2.33. The van der Waals surface area contributed by atoms with Gasteiger partial charge in [0.05, 0.1) is 6.26 Å². The molecule has 1 aromatic rings. The number of rotatable bonds is 6. The molecule has 0 aliphatic carbocycles. The highest BCUT2D eigenvalue weighted by atomic mass is 16.4. The van der Waals surface area contributed by atoms with Crippen LogP contribution in [0.25, 0.3) is 0 Å². The summed E-state index contributed by atoms with van der Waals surface area (Å²) >= 11 is 0. The third-order valence-corrected chi connectivity index (χ3v) is 2.22. The molecule has 5 nitrogen and oxygen atoms in total. The maximum atomic E-state index is 11.4. The molecule has 0 saturated carbocycles. The van der Waals surface area contributed by atoms with Gasteiger partial charge in [-0.25, -0.2) is 4.79 Å². The van der Waals surface area contributed by atoms with E-state index >= 15 is 0 Å². The van der Waals surface area contributed by atoms with Gasteiger partial charge in [0.1, 0.15) is 11.8 Å². The van der Waals surface area contributed by atoms with Gasteiger partial charge in [0.2, 0.25) is 5.91 Å². The number of hydrogen-bond acceptors (Lipinski definition) is 3. The Kier molecular flexibility index (Phi) is 4.57. The summed E-state index contributed by atoms with van der Waals surface area (Å²) in [5.41, 5.74) is 0. The molecule has 0 fully saturated rings. The van der Waals surface area contributed by atoms with Crippen LogP contribution >= 0.6 is 0 Å². The van der Waals surface area contributed by atoms with Gasteiger partial charge in [-0.3, -0.25) is 4.79 Å². The number of furan rings is 1. The first-order valence-electron chi connectivity index (χ1n) is 5.18. The molecule has 16 heavy (non-hydrogen) atoms. The van der Waals surface area contributed by atoms with Crippen molar-refractivity contribution in [3.63, 3.8) is 0 Å². The number of carboxylic acids is 1. The third-order valence-electron chi connectivity index (χ3n) is 2.22. The number of aryl methyl sites for hydroxylation is 1. The number of carbonyl (C=O) groups excluding carboxylic acids is 1. The molecule has 0 aliphatic heterocycles. The summed E-state index contributed by atoms with van der Waals surface area (Å²) in [4.78, 5) is 22.1. The summed E-state index contributed by atoms with van der Waals surface area (Å²) in [5, 5.41) is 11.2. The summed E-state index contributed by atoms with van der Waals surface area (Å²) in [7, 11) is 0. The zero-order valence-electron chi connectivity index (χ0n) is 9.10. The summed E-state index contributed by atoms with van der Waals surface area (Å²) in [6.45, 7) is 1.71. The summed E-state index contributed by atoms with van der Waals surface area (Å²) in [6.07, 6.45) is 2.63. The molecule has 5 heteroatoms. The molecular weight excluding hydrogens is 210 g/mol.